The maximum Gasteiger partial charge on any atom is 0.148 e. The first-order valence-electron chi connectivity index (χ1n) is 10.6. The van der Waals surface area contributed by atoms with Crippen molar-refractivity contribution in [2.45, 2.75) is 63.7 Å². The maximum atomic E-state index is 13.3. The van der Waals surface area contributed by atoms with Gasteiger partial charge in [-0.2, -0.15) is 0 Å². The summed E-state index contributed by atoms with van der Waals surface area (Å²) in [6, 6.07) is 7.64. The van der Waals surface area contributed by atoms with Crippen molar-refractivity contribution in [2.75, 3.05) is 5.75 Å². The normalized spacial score (nSPS) is 19.4. The predicted molar refractivity (Wildman–Crippen MR) is 117 cm³/mol. The molecule has 0 aliphatic heterocycles. The van der Waals surface area contributed by atoms with Crippen molar-refractivity contribution in [1.29, 1.82) is 0 Å². The lowest BCUT2D eigenvalue weighted by atomic mass is 9.73. The molecule has 2 aromatic carbocycles. The molecule has 0 saturated heterocycles. The number of thioether (sulfide) groups is 1. The van der Waals surface area contributed by atoms with E-state index in [1.807, 2.05) is 6.92 Å². The molecule has 0 bridgehead atoms. The van der Waals surface area contributed by atoms with E-state index in [0.717, 1.165) is 41.2 Å². The molecule has 0 spiro atoms. The van der Waals surface area contributed by atoms with Crippen LogP contribution in [-0.2, 0) is 22.4 Å². The summed E-state index contributed by atoms with van der Waals surface area (Å²) >= 11 is 1.35. The number of carbonyl (C=O) groups excluding carboxylic acids is 2. The van der Waals surface area contributed by atoms with Crippen molar-refractivity contribution >= 4 is 23.3 Å². The van der Waals surface area contributed by atoms with Crippen LogP contribution >= 0.6 is 11.8 Å². The van der Waals surface area contributed by atoms with E-state index >= 15 is 0 Å². The number of halogens is 2. The van der Waals surface area contributed by atoms with Crippen molar-refractivity contribution in [1.82, 2.24) is 0 Å². The van der Waals surface area contributed by atoms with Crippen molar-refractivity contribution in [3.05, 3.63) is 64.2 Å². The van der Waals surface area contributed by atoms with Gasteiger partial charge in [-0.1, -0.05) is 31.5 Å². The lowest BCUT2D eigenvalue weighted by Crippen LogP contribution is -2.33. The minimum absolute atomic E-state index is 0.00584. The van der Waals surface area contributed by atoms with E-state index in [2.05, 4.69) is 26.0 Å². The van der Waals surface area contributed by atoms with Crippen LogP contribution in [0.25, 0.3) is 0 Å². The number of carbonyl (C=O) groups is 2. The Hall–Kier alpha value is -2.01. The fourth-order valence-electron chi connectivity index (χ4n) is 4.45. The van der Waals surface area contributed by atoms with Gasteiger partial charge in [-0.15, -0.1) is 11.8 Å². The molecule has 30 heavy (non-hydrogen) atoms. The zero-order chi connectivity index (χ0) is 21.8. The van der Waals surface area contributed by atoms with Gasteiger partial charge in [0.25, 0.3) is 0 Å². The van der Waals surface area contributed by atoms with Gasteiger partial charge in [0.05, 0.1) is 0 Å². The highest BCUT2D eigenvalue weighted by molar-refractivity contribution is 7.99. The first-order valence-corrected chi connectivity index (χ1v) is 11.6. The lowest BCUT2D eigenvalue weighted by molar-refractivity contribution is -0.133. The first-order chi connectivity index (χ1) is 14.3. The third-order valence-electron chi connectivity index (χ3n) is 5.80. The largest absolute Gasteiger partial charge is 0.299 e. The Morgan fingerprint density at radius 1 is 0.900 bits per heavy atom. The summed E-state index contributed by atoms with van der Waals surface area (Å²) in [5.74, 6) is -1.22. The summed E-state index contributed by atoms with van der Waals surface area (Å²) in [7, 11) is 0. The molecule has 0 radical (unpaired) electrons. The molecule has 1 fully saturated rings. The van der Waals surface area contributed by atoms with E-state index in [1.165, 1.54) is 23.9 Å². The Morgan fingerprint density at radius 2 is 1.43 bits per heavy atom. The zero-order valence-electron chi connectivity index (χ0n) is 17.8. The molecule has 3 rings (SSSR count). The summed E-state index contributed by atoms with van der Waals surface area (Å²) in [6.45, 7) is 6.17. The second-order valence-corrected chi connectivity index (χ2v) is 9.25. The second-order valence-electron chi connectivity index (χ2n) is 8.09. The number of hydrogen-bond acceptors (Lipinski definition) is 3. The topological polar surface area (TPSA) is 34.1 Å². The minimum Gasteiger partial charge on any atom is -0.299 e. The Labute approximate surface area is 181 Å². The molecule has 5 heteroatoms. The van der Waals surface area contributed by atoms with E-state index in [1.54, 1.807) is 0 Å². The van der Waals surface area contributed by atoms with Gasteiger partial charge in [0.2, 0.25) is 0 Å². The number of aryl methyl sites for hydroxylation is 3. The van der Waals surface area contributed by atoms with Crippen LogP contribution < -0.4 is 0 Å². The summed E-state index contributed by atoms with van der Waals surface area (Å²) in [5, 5.41) is 0. The smallest absolute Gasteiger partial charge is 0.148 e. The summed E-state index contributed by atoms with van der Waals surface area (Å²) in [6.07, 6.45) is 3.03. The fraction of sp³-hybridized carbons (Fsp3) is 0.440. The average molecular weight is 431 g/mol. The first kappa shape index (κ1) is 22.7. The van der Waals surface area contributed by atoms with Crippen molar-refractivity contribution in [3.8, 4) is 0 Å². The van der Waals surface area contributed by atoms with E-state index in [4.69, 9.17) is 0 Å². The standard InChI is InChI=1S/C25H28F2O2S/c1-4-17-8-15(3)9-18(5-2)24(17)25-22(28)10-16(11-23(25)29)6-7-30-21-13-19(26)12-20(27)14-21/h8-9,12-14,16,25H,4-7,10-11H2,1-3H3. The van der Waals surface area contributed by atoms with Crippen LogP contribution in [-0.4, -0.2) is 17.3 Å². The molecule has 0 amide bonds. The Bertz CT molecular complexity index is 891. The van der Waals surface area contributed by atoms with Gasteiger partial charge in [0.15, 0.2) is 0 Å². The zero-order valence-corrected chi connectivity index (χ0v) is 18.6. The van der Waals surface area contributed by atoms with Gasteiger partial charge >= 0.3 is 0 Å². The molecule has 0 atom stereocenters. The van der Waals surface area contributed by atoms with Crippen LogP contribution in [0.15, 0.2) is 35.2 Å². The van der Waals surface area contributed by atoms with Crippen LogP contribution in [0.2, 0.25) is 0 Å². The SMILES string of the molecule is CCc1cc(C)cc(CC)c1C1C(=O)CC(CCSc2cc(F)cc(F)c2)CC1=O. The second kappa shape index (κ2) is 9.86. The molecular formula is C25H28F2O2S. The lowest BCUT2D eigenvalue weighted by Gasteiger charge is -2.29. The van der Waals surface area contributed by atoms with Crippen LogP contribution in [0.3, 0.4) is 0 Å². The number of benzene rings is 2. The molecule has 1 saturated carbocycles. The number of Topliss-reactive ketones (excluding diaryl/α,β-unsaturated/α-hetero) is 2. The van der Waals surface area contributed by atoms with Crippen LogP contribution in [0, 0.1) is 24.5 Å². The van der Waals surface area contributed by atoms with Gasteiger partial charge in [-0.25, -0.2) is 8.78 Å². The van der Waals surface area contributed by atoms with Gasteiger partial charge in [0, 0.05) is 23.8 Å². The number of ketones is 2. The van der Waals surface area contributed by atoms with E-state index in [0.29, 0.717) is 29.9 Å². The predicted octanol–water partition coefficient (Wildman–Crippen LogP) is 6.21. The van der Waals surface area contributed by atoms with Crippen LogP contribution in [0.5, 0.6) is 0 Å². The molecule has 0 heterocycles. The Morgan fingerprint density at radius 3 is 1.93 bits per heavy atom. The van der Waals surface area contributed by atoms with Gasteiger partial charge < -0.3 is 0 Å². The van der Waals surface area contributed by atoms with Gasteiger partial charge in [-0.05, 0) is 66.7 Å². The van der Waals surface area contributed by atoms with Gasteiger partial charge in [0.1, 0.15) is 29.1 Å². The summed E-state index contributed by atoms with van der Waals surface area (Å²) in [5.41, 5.74) is 4.29. The summed E-state index contributed by atoms with van der Waals surface area (Å²) < 4.78 is 26.6. The molecule has 1 aliphatic carbocycles. The molecule has 0 aromatic heterocycles. The molecule has 160 valence electrons. The molecular weight excluding hydrogens is 402 g/mol. The highest BCUT2D eigenvalue weighted by atomic mass is 32.2. The highest BCUT2D eigenvalue weighted by Crippen LogP contribution is 2.37. The van der Waals surface area contributed by atoms with E-state index < -0.39 is 17.6 Å². The van der Waals surface area contributed by atoms with Crippen molar-refractivity contribution in [3.63, 3.8) is 0 Å². The Balaban J connectivity index is 1.69. The third kappa shape index (κ3) is 5.18. The number of hydrogen-bond donors (Lipinski definition) is 0. The van der Waals surface area contributed by atoms with Crippen molar-refractivity contribution < 1.29 is 18.4 Å². The average Bonchev–Trinajstić information content (AvgIpc) is 2.67. The number of rotatable bonds is 7. The quantitative estimate of drug-likeness (QED) is 0.387. The monoisotopic (exact) mass is 430 g/mol. The van der Waals surface area contributed by atoms with E-state index in [-0.39, 0.29) is 17.5 Å². The minimum atomic E-state index is -0.642. The molecule has 0 N–H and O–H groups in total. The van der Waals surface area contributed by atoms with E-state index in [9.17, 15) is 18.4 Å². The maximum absolute atomic E-state index is 13.3. The van der Waals surface area contributed by atoms with Crippen LogP contribution in [0.1, 0.15) is 61.3 Å². The molecule has 0 unspecified atom stereocenters. The van der Waals surface area contributed by atoms with Crippen molar-refractivity contribution in [2.24, 2.45) is 5.92 Å². The molecule has 2 nitrogen and oxygen atoms in total. The van der Waals surface area contributed by atoms with Gasteiger partial charge in [-0.3, -0.25) is 9.59 Å². The van der Waals surface area contributed by atoms with Crippen LogP contribution in [0.4, 0.5) is 8.78 Å². The highest BCUT2D eigenvalue weighted by Gasteiger charge is 2.38. The third-order valence-corrected chi connectivity index (χ3v) is 6.81. The summed E-state index contributed by atoms with van der Waals surface area (Å²) in [4.78, 5) is 26.6. The molecule has 1 aliphatic rings. The molecule has 2 aromatic rings. The Kier molecular flexibility index (Phi) is 7.45. The fourth-order valence-corrected chi connectivity index (χ4v) is 5.53.